The lowest BCUT2D eigenvalue weighted by atomic mass is 9.97. The van der Waals surface area contributed by atoms with Crippen LogP contribution in [0.2, 0.25) is 0 Å². The van der Waals surface area contributed by atoms with Gasteiger partial charge in [0.05, 0.1) is 5.56 Å². The number of nitrogens with zero attached hydrogens (tertiary/aromatic N) is 2. The van der Waals surface area contributed by atoms with Crippen molar-refractivity contribution in [3.8, 4) is 0 Å². The summed E-state index contributed by atoms with van der Waals surface area (Å²) in [6, 6.07) is 9.10. The summed E-state index contributed by atoms with van der Waals surface area (Å²) in [5, 5.41) is 0. The van der Waals surface area contributed by atoms with Gasteiger partial charge in [-0.25, -0.2) is 4.79 Å². The molecule has 1 heterocycles. The number of ketones is 1. The Morgan fingerprint density at radius 3 is 2.63 bits per heavy atom. The Hall–Kier alpha value is -2.82. The standard InChI is InChI=1S/C25H32N2O3/c1-18-15-23(19(2)27(18)14-13-20-9-6-5-7-10-20)24(28)17-30-25(29)21-11-8-12-22(16-21)26(3)4/h8-9,11-12,15-16H,5-7,10,13-14,17H2,1-4H3. The molecule has 0 bridgehead atoms. The Bertz CT molecular complexity index is 953. The highest BCUT2D eigenvalue weighted by Gasteiger charge is 2.18. The zero-order chi connectivity index (χ0) is 21.7. The van der Waals surface area contributed by atoms with Gasteiger partial charge in [-0.05, 0) is 70.2 Å². The largest absolute Gasteiger partial charge is 0.454 e. The minimum absolute atomic E-state index is 0.164. The SMILES string of the molecule is Cc1cc(C(=O)COC(=O)c2cccc(N(C)C)c2)c(C)n1CCC1=CCCCC1. The van der Waals surface area contributed by atoms with Gasteiger partial charge in [-0.15, -0.1) is 0 Å². The van der Waals surface area contributed by atoms with E-state index in [1.165, 1.54) is 31.3 Å². The van der Waals surface area contributed by atoms with Gasteiger partial charge < -0.3 is 14.2 Å². The predicted octanol–water partition coefficient (Wildman–Crippen LogP) is 5.10. The smallest absolute Gasteiger partial charge is 0.338 e. The third-order valence-corrected chi connectivity index (χ3v) is 5.85. The van der Waals surface area contributed by atoms with E-state index in [1.54, 1.807) is 12.1 Å². The van der Waals surface area contributed by atoms with E-state index in [0.717, 1.165) is 30.0 Å². The van der Waals surface area contributed by atoms with E-state index >= 15 is 0 Å². The monoisotopic (exact) mass is 408 g/mol. The van der Waals surface area contributed by atoms with Gasteiger partial charge in [0.1, 0.15) is 0 Å². The van der Waals surface area contributed by atoms with Crippen molar-refractivity contribution < 1.29 is 14.3 Å². The maximum absolute atomic E-state index is 12.7. The van der Waals surface area contributed by atoms with Crippen molar-refractivity contribution in [1.29, 1.82) is 0 Å². The summed E-state index contributed by atoms with van der Waals surface area (Å²) in [5.74, 6) is -0.645. The van der Waals surface area contributed by atoms with Gasteiger partial charge >= 0.3 is 5.97 Å². The third-order valence-electron chi connectivity index (χ3n) is 5.85. The second kappa shape index (κ2) is 9.79. The number of carbonyl (C=O) groups excluding carboxylic acids is 2. The van der Waals surface area contributed by atoms with Crippen LogP contribution in [0.25, 0.3) is 0 Å². The quantitative estimate of drug-likeness (QED) is 0.346. The first kappa shape index (κ1) is 21.9. The summed E-state index contributed by atoms with van der Waals surface area (Å²) in [7, 11) is 3.82. The van der Waals surface area contributed by atoms with Crippen LogP contribution in [0.4, 0.5) is 5.69 Å². The van der Waals surface area contributed by atoms with E-state index in [0.29, 0.717) is 11.1 Å². The van der Waals surface area contributed by atoms with Gasteiger partial charge in [0.2, 0.25) is 5.78 Å². The highest BCUT2D eigenvalue weighted by Crippen LogP contribution is 2.23. The number of allylic oxidation sites excluding steroid dienone is 2. The Balaban J connectivity index is 1.62. The first-order valence-electron chi connectivity index (χ1n) is 10.7. The molecule has 0 atom stereocenters. The number of esters is 1. The molecule has 1 aromatic carbocycles. The van der Waals surface area contributed by atoms with E-state index < -0.39 is 5.97 Å². The number of hydrogen-bond acceptors (Lipinski definition) is 4. The minimum Gasteiger partial charge on any atom is -0.454 e. The molecule has 2 aromatic rings. The summed E-state index contributed by atoms with van der Waals surface area (Å²) in [4.78, 5) is 27.0. The molecule has 5 heteroatoms. The predicted molar refractivity (Wildman–Crippen MR) is 120 cm³/mol. The molecular formula is C25H32N2O3. The van der Waals surface area contributed by atoms with Crippen LogP contribution in [0.5, 0.6) is 0 Å². The van der Waals surface area contributed by atoms with Gasteiger partial charge in [0.25, 0.3) is 0 Å². The molecule has 0 fully saturated rings. The lowest BCUT2D eigenvalue weighted by molar-refractivity contribution is 0.0474. The highest BCUT2D eigenvalue weighted by atomic mass is 16.5. The number of Topliss-reactive ketones (excluding diaryl/α,β-unsaturated/α-hetero) is 1. The fourth-order valence-electron chi connectivity index (χ4n) is 4.02. The van der Waals surface area contributed by atoms with E-state index in [4.69, 9.17) is 4.74 Å². The average molecular weight is 409 g/mol. The van der Waals surface area contributed by atoms with Crippen LogP contribution >= 0.6 is 0 Å². The van der Waals surface area contributed by atoms with Crippen molar-refractivity contribution in [2.75, 3.05) is 25.6 Å². The molecule has 30 heavy (non-hydrogen) atoms. The normalized spacial score (nSPS) is 13.7. The molecule has 5 nitrogen and oxygen atoms in total. The lowest BCUT2D eigenvalue weighted by Crippen LogP contribution is -2.16. The molecule has 0 amide bonds. The van der Waals surface area contributed by atoms with Crippen molar-refractivity contribution in [3.63, 3.8) is 0 Å². The van der Waals surface area contributed by atoms with E-state index in [2.05, 4.69) is 10.6 Å². The second-order valence-electron chi connectivity index (χ2n) is 8.24. The minimum atomic E-state index is -0.481. The third kappa shape index (κ3) is 5.21. The Morgan fingerprint density at radius 2 is 1.93 bits per heavy atom. The van der Waals surface area contributed by atoms with Gasteiger partial charge in [-0.1, -0.05) is 17.7 Å². The molecule has 1 aliphatic carbocycles. The first-order chi connectivity index (χ1) is 14.4. The second-order valence-corrected chi connectivity index (χ2v) is 8.24. The Kier molecular flexibility index (Phi) is 7.14. The van der Waals surface area contributed by atoms with Gasteiger partial charge in [-0.3, -0.25) is 4.79 Å². The molecule has 0 spiro atoms. The molecule has 0 radical (unpaired) electrons. The van der Waals surface area contributed by atoms with Gasteiger partial charge in [0.15, 0.2) is 6.61 Å². The van der Waals surface area contributed by atoms with Crippen molar-refractivity contribution >= 4 is 17.4 Å². The maximum atomic E-state index is 12.7. The molecule has 0 N–H and O–H groups in total. The molecule has 1 aliphatic rings. The van der Waals surface area contributed by atoms with Crippen LogP contribution in [0.15, 0.2) is 42.0 Å². The maximum Gasteiger partial charge on any atom is 0.338 e. The Morgan fingerprint density at radius 1 is 1.13 bits per heavy atom. The number of aromatic nitrogens is 1. The number of carbonyl (C=O) groups is 2. The molecule has 0 saturated heterocycles. The summed E-state index contributed by atoms with van der Waals surface area (Å²) in [5.41, 5.74) is 5.53. The average Bonchev–Trinajstić information content (AvgIpc) is 3.04. The molecular weight excluding hydrogens is 376 g/mol. The van der Waals surface area contributed by atoms with Crippen LogP contribution in [0.3, 0.4) is 0 Å². The van der Waals surface area contributed by atoms with E-state index in [-0.39, 0.29) is 12.4 Å². The van der Waals surface area contributed by atoms with E-state index in [9.17, 15) is 9.59 Å². The van der Waals surface area contributed by atoms with Crippen molar-refractivity contribution in [3.05, 3.63) is 64.5 Å². The number of rotatable bonds is 8. The van der Waals surface area contributed by atoms with Crippen molar-refractivity contribution in [2.45, 2.75) is 52.5 Å². The van der Waals surface area contributed by atoms with Gasteiger partial charge in [-0.2, -0.15) is 0 Å². The zero-order valence-electron chi connectivity index (χ0n) is 18.5. The fraction of sp³-hybridized carbons (Fsp3) is 0.440. The Labute approximate surface area is 179 Å². The summed E-state index contributed by atoms with van der Waals surface area (Å²) >= 11 is 0. The van der Waals surface area contributed by atoms with Crippen LogP contribution in [-0.4, -0.2) is 37.0 Å². The highest BCUT2D eigenvalue weighted by molar-refractivity contribution is 6.00. The summed E-state index contributed by atoms with van der Waals surface area (Å²) < 4.78 is 7.51. The van der Waals surface area contributed by atoms with Gasteiger partial charge in [0, 0.05) is 43.3 Å². The molecule has 3 rings (SSSR count). The van der Waals surface area contributed by atoms with Crippen LogP contribution in [0, 0.1) is 13.8 Å². The number of aryl methyl sites for hydroxylation is 1. The number of anilines is 1. The fourth-order valence-corrected chi connectivity index (χ4v) is 4.02. The summed E-state index contributed by atoms with van der Waals surface area (Å²) in [6.07, 6.45) is 8.35. The van der Waals surface area contributed by atoms with Crippen LogP contribution in [0.1, 0.15) is 64.2 Å². The molecule has 0 aliphatic heterocycles. The molecule has 0 unspecified atom stereocenters. The van der Waals surface area contributed by atoms with Crippen LogP contribution < -0.4 is 4.90 Å². The van der Waals surface area contributed by atoms with Crippen molar-refractivity contribution in [2.24, 2.45) is 0 Å². The summed E-state index contributed by atoms with van der Waals surface area (Å²) in [6.45, 7) is 4.63. The molecule has 0 saturated carbocycles. The number of hydrogen-bond donors (Lipinski definition) is 0. The molecule has 1 aromatic heterocycles. The molecule has 160 valence electrons. The number of benzene rings is 1. The topological polar surface area (TPSA) is 51.5 Å². The lowest BCUT2D eigenvalue weighted by Gasteiger charge is -2.15. The zero-order valence-corrected chi connectivity index (χ0v) is 18.5. The first-order valence-corrected chi connectivity index (χ1v) is 10.7. The van der Waals surface area contributed by atoms with E-state index in [1.807, 2.05) is 51.0 Å². The number of ether oxygens (including phenoxy) is 1. The van der Waals surface area contributed by atoms with Crippen molar-refractivity contribution in [1.82, 2.24) is 4.57 Å². The van der Waals surface area contributed by atoms with Crippen LogP contribution in [-0.2, 0) is 11.3 Å².